The van der Waals surface area contributed by atoms with Gasteiger partial charge in [-0.25, -0.2) is 4.79 Å². The molecule has 0 spiro atoms. The lowest BCUT2D eigenvalue weighted by Gasteiger charge is -2.24. The van der Waals surface area contributed by atoms with Gasteiger partial charge in [0.15, 0.2) is 0 Å². The van der Waals surface area contributed by atoms with Crippen molar-refractivity contribution >= 4 is 28.9 Å². The number of aromatic carboxylic acids is 1. The van der Waals surface area contributed by atoms with Crippen LogP contribution in [0.2, 0.25) is 5.02 Å². The first-order valence-corrected chi connectivity index (χ1v) is 6.21. The van der Waals surface area contributed by atoms with Crippen LogP contribution in [0.5, 0.6) is 0 Å². The number of nitrogens with two attached hydrogens (primary N) is 1. The first-order chi connectivity index (χ1) is 8.26. The molecule has 1 aromatic rings. The molecule has 0 aliphatic heterocycles. The number of hydrogen-bond acceptors (Lipinski definition) is 3. The number of rotatable bonds is 5. The SMILES string of the molecule is CCC(C)(C)CNc1c(Cl)cc(N)cc1C(=O)O. The molecule has 0 atom stereocenters. The second-order valence-corrected chi connectivity index (χ2v) is 5.51. The molecule has 0 heterocycles. The lowest BCUT2D eigenvalue weighted by molar-refractivity contribution is 0.0698. The van der Waals surface area contributed by atoms with E-state index in [1.54, 1.807) is 6.07 Å². The monoisotopic (exact) mass is 270 g/mol. The lowest BCUT2D eigenvalue weighted by Crippen LogP contribution is -2.23. The Kier molecular flexibility index (Phi) is 4.46. The number of anilines is 2. The molecule has 0 unspecified atom stereocenters. The van der Waals surface area contributed by atoms with Crippen LogP contribution in [0.15, 0.2) is 12.1 Å². The smallest absolute Gasteiger partial charge is 0.337 e. The summed E-state index contributed by atoms with van der Waals surface area (Å²) in [5.41, 5.74) is 6.55. The number of carboxylic acids is 1. The fourth-order valence-electron chi connectivity index (χ4n) is 1.43. The normalized spacial score (nSPS) is 11.3. The van der Waals surface area contributed by atoms with Crippen molar-refractivity contribution < 1.29 is 9.90 Å². The maximum Gasteiger partial charge on any atom is 0.337 e. The second kappa shape index (κ2) is 5.48. The molecule has 0 aliphatic carbocycles. The summed E-state index contributed by atoms with van der Waals surface area (Å²) in [4.78, 5) is 11.2. The second-order valence-electron chi connectivity index (χ2n) is 5.10. The third-order valence-corrected chi connectivity index (χ3v) is 3.34. The molecule has 0 aliphatic rings. The van der Waals surface area contributed by atoms with Gasteiger partial charge in [-0.15, -0.1) is 0 Å². The largest absolute Gasteiger partial charge is 0.478 e. The standard InChI is InChI=1S/C13H19ClN2O2/c1-4-13(2,3)7-16-11-9(12(17)18)5-8(15)6-10(11)14/h5-6,16H,4,7,15H2,1-3H3,(H,17,18). The first-order valence-electron chi connectivity index (χ1n) is 5.83. The van der Waals surface area contributed by atoms with Crippen LogP contribution in [-0.4, -0.2) is 17.6 Å². The molecule has 4 nitrogen and oxygen atoms in total. The summed E-state index contributed by atoms with van der Waals surface area (Å²) in [5, 5.41) is 12.6. The Bertz CT molecular complexity index is 459. The van der Waals surface area contributed by atoms with Crippen molar-refractivity contribution in [1.82, 2.24) is 0 Å². The minimum absolute atomic E-state index is 0.0699. The van der Waals surface area contributed by atoms with Gasteiger partial charge >= 0.3 is 5.97 Å². The van der Waals surface area contributed by atoms with Crippen LogP contribution >= 0.6 is 11.6 Å². The topological polar surface area (TPSA) is 75.3 Å². The molecule has 0 radical (unpaired) electrons. The van der Waals surface area contributed by atoms with Crippen LogP contribution in [0.3, 0.4) is 0 Å². The van der Waals surface area contributed by atoms with E-state index in [0.717, 1.165) is 6.42 Å². The maximum absolute atomic E-state index is 11.2. The van der Waals surface area contributed by atoms with Gasteiger partial charge in [0.25, 0.3) is 0 Å². The van der Waals surface area contributed by atoms with E-state index in [9.17, 15) is 4.79 Å². The Labute approximate surface area is 112 Å². The fraction of sp³-hybridized carbons (Fsp3) is 0.462. The highest BCUT2D eigenvalue weighted by Crippen LogP contribution is 2.31. The zero-order chi connectivity index (χ0) is 13.9. The summed E-state index contributed by atoms with van der Waals surface area (Å²) in [5.74, 6) is -1.04. The lowest BCUT2D eigenvalue weighted by atomic mass is 9.90. The molecule has 0 saturated carbocycles. The molecule has 0 amide bonds. The van der Waals surface area contributed by atoms with Gasteiger partial charge in [0.05, 0.1) is 16.3 Å². The molecule has 0 aromatic heterocycles. The van der Waals surface area contributed by atoms with Gasteiger partial charge in [-0.2, -0.15) is 0 Å². The van der Waals surface area contributed by atoms with Crippen LogP contribution in [-0.2, 0) is 0 Å². The average molecular weight is 271 g/mol. The number of carbonyl (C=O) groups is 1. The van der Waals surface area contributed by atoms with Crippen LogP contribution in [0.25, 0.3) is 0 Å². The van der Waals surface area contributed by atoms with Gasteiger partial charge in [0.2, 0.25) is 0 Å². The van der Waals surface area contributed by atoms with Crippen LogP contribution in [0.1, 0.15) is 37.6 Å². The Morgan fingerprint density at radius 3 is 2.61 bits per heavy atom. The van der Waals surface area contributed by atoms with Gasteiger partial charge in [0.1, 0.15) is 0 Å². The number of carboxylic acid groups (broad SMARTS) is 1. The van der Waals surface area contributed by atoms with Crippen molar-refractivity contribution in [1.29, 1.82) is 0 Å². The van der Waals surface area contributed by atoms with Crippen molar-refractivity contribution in [3.05, 3.63) is 22.7 Å². The predicted molar refractivity (Wildman–Crippen MR) is 75.4 cm³/mol. The summed E-state index contributed by atoms with van der Waals surface area (Å²) >= 11 is 6.04. The molecule has 0 fully saturated rings. The molecule has 18 heavy (non-hydrogen) atoms. The zero-order valence-electron chi connectivity index (χ0n) is 10.9. The molecule has 0 bridgehead atoms. The molecular formula is C13H19ClN2O2. The Morgan fingerprint density at radius 2 is 2.11 bits per heavy atom. The van der Waals surface area contributed by atoms with E-state index >= 15 is 0 Å². The van der Waals surface area contributed by atoms with Gasteiger partial charge in [-0.1, -0.05) is 32.4 Å². The van der Waals surface area contributed by atoms with E-state index in [-0.39, 0.29) is 11.0 Å². The maximum atomic E-state index is 11.2. The average Bonchev–Trinajstić information content (AvgIpc) is 2.26. The highest BCUT2D eigenvalue weighted by Gasteiger charge is 2.19. The van der Waals surface area contributed by atoms with Gasteiger partial charge in [-0.3, -0.25) is 0 Å². The summed E-state index contributed by atoms with van der Waals surface area (Å²) in [6.45, 7) is 6.94. The third kappa shape index (κ3) is 3.53. The first kappa shape index (κ1) is 14.6. The Morgan fingerprint density at radius 1 is 1.50 bits per heavy atom. The van der Waals surface area contributed by atoms with E-state index in [1.165, 1.54) is 6.07 Å². The third-order valence-electron chi connectivity index (χ3n) is 3.04. The molecule has 4 N–H and O–H groups in total. The van der Waals surface area contributed by atoms with E-state index in [1.807, 2.05) is 0 Å². The van der Waals surface area contributed by atoms with E-state index in [4.69, 9.17) is 22.4 Å². The van der Waals surface area contributed by atoms with Gasteiger partial charge in [0, 0.05) is 12.2 Å². The van der Waals surface area contributed by atoms with Crippen LogP contribution in [0.4, 0.5) is 11.4 Å². The minimum Gasteiger partial charge on any atom is -0.478 e. The number of halogens is 1. The summed E-state index contributed by atoms with van der Waals surface area (Å²) < 4.78 is 0. The minimum atomic E-state index is -1.04. The molecule has 1 rings (SSSR count). The quantitative estimate of drug-likeness (QED) is 0.716. The molecular weight excluding hydrogens is 252 g/mol. The number of benzene rings is 1. The number of nitrogens with one attached hydrogen (secondary N) is 1. The summed E-state index contributed by atoms with van der Waals surface area (Å²) in [6, 6.07) is 2.96. The van der Waals surface area contributed by atoms with Gasteiger partial charge in [-0.05, 0) is 24.0 Å². The Hall–Kier alpha value is -1.42. The van der Waals surface area contributed by atoms with Crippen molar-refractivity contribution in [2.45, 2.75) is 27.2 Å². The molecule has 5 heteroatoms. The van der Waals surface area contributed by atoms with Crippen molar-refractivity contribution in [3.63, 3.8) is 0 Å². The molecule has 1 aromatic carbocycles. The highest BCUT2D eigenvalue weighted by atomic mass is 35.5. The van der Waals surface area contributed by atoms with E-state index < -0.39 is 5.97 Å². The van der Waals surface area contributed by atoms with Crippen LogP contribution < -0.4 is 11.1 Å². The molecule has 100 valence electrons. The predicted octanol–water partition coefficient (Wildman–Crippen LogP) is 3.47. The van der Waals surface area contributed by atoms with Gasteiger partial charge < -0.3 is 16.2 Å². The van der Waals surface area contributed by atoms with Crippen molar-refractivity contribution in [2.24, 2.45) is 5.41 Å². The zero-order valence-corrected chi connectivity index (χ0v) is 11.6. The van der Waals surface area contributed by atoms with E-state index in [0.29, 0.717) is 22.9 Å². The number of hydrogen-bond donors (Lipinski definition) is 3. The fourth-order valence-corrected chi connectivity index (χ4v) is 1.72. The highest BCUT2D eigenvalue weighted by molar-refractivity contribution is 6.34. The number of nitrogen functional groups attached to an aromatic ring is 1. The summed E-state index contributed by atoms with van der Waals surface area (Å²) in [7, 11) is 0. The van der Waals surface area contributed by atoms with Crippen molar-refractivity contribution in [2.75, 3.05) is 17.6 Å². The van der Waals surface area contributed by atoms with E-state index in [2.05, 4.69) is 26.1 Å². The van der Waals surface area contributed by atoms with Crippen molar-refractivity contribution in [3.8, 4) is 0 Å². The van der Waals surface area contributed by atoms with Crippen LogP contribution in [0, 0.1) is 5.41 Å². The Balaban J connectivity index is 3.04. The summed E-state index contributed by atoms with van der Waals surface area (Å²) in [6.07, 6.45) is 0.981. The molecule has 0 saturated heterocycles.